The molecular weight excluding hydrogens is 336 g/mol. The summed E-state index contributed by atoms with van der Waals surface area (Å²) in [6.45, 7) is 15.0. The molecule has 2 aliphatic carbocycles. The van der Waals surface area contributed by atoms with Crippen LogP contribution < -0.4 is 0 Å². The Morgan fingerprint density at radius 1 is 1.00 bits per heavy atom. The maximum Gasteiger partial charge on any atom is -0.00137 e. The average molecular weight is 365 g/mol. The highest BCUT2D eigenvalue weighted by atomic mass is 14.3. The Labute approximate surface area is 169 Å². The summed E-state index contributed by atoms with van der Waals surface area (Å²) in [5.41, 5.74) is 14.6. The third kappa shape index (κ3) is 3.36. The van der Waals surface area contributed by atoms with E-state index in [2.05, 4.69) is 88.6 Å². The van der Waals surface area contributed by atoms with Crippen LogP contribution >= 0.6 is 0 Å². The Bertz CT molecular complexity index is 1060. The third-order valence-electron chi connectivity index (χ3n) is 5.97. The van der Waals surface area contributed by atoms with Crippen LogP contribution in [0.3, 0.4) is 0 Å². The van der Waals surface area contributed by atoms with Crippen LogP contribution in [0, 0.1) is 13.8 Å². The van der Waals surface area contributed by atoms with Crippen molar-refractivity contribution in [3.8, 4) is 0 Å². The zero-order valence-electron chi connectivity index (χ0n) is 17.2. The fourth-order valence-corrected chi connectivity index (χ4v) is 4.53. The number of hydrogen-bond acceptors (Lipinski definition) is 0. The van der Waals surface area contributed by atoms with Gasteiger partial charge in [0.1, 0.15) is 0 Å². The first-order valence-electron chi connectivity index (χ1n) is 10.1. The molecule has 0 heteroatoms. The van der Waals surface area contributed by atoms with Crippen molar-refractivity contribution >= 4 is 17.2 Å². The molecule has 0 aliphatic heterocycles. The molecule has 0 heterocycles. The van der Waals surface area contributed by atoms with Crippen LogP contribution in [0.1, 0.15) is 53.1 Å². The smallest absolute Gasteiger partial charge is 0.00137 e. The minimum Gasteiger partial charge on any atom is -0.0955 e. The van der Waals surface area contributed by atoms with Crippen LogP contribution in [-0.2, 0) is 6.42 Å². The molecule has 0 saturated carbocycles. The van der Waals surface area contributed by atoms with Gasteiger partial charge in [-0.3, -0.25) is 0 Å². The van der Waals surface area contributed by atoms with Gasteiger partial charge in [0.15, 0.2) is 0 Å². The molecule has 0 nitrogen and oxygen atoms in total. The Kier molecular flexibility index (Phi) is 4.81. The van der Waals surface area contributed by atoms with Gasteiger partial charge < -0.3 is 0 Å². The molecule has 0 bridgehead atoms. The lowest BCUT2D eigenvalue weighted by Gasteiger charge is -2.16. The summed E-state index contributed by atoms with van der Waals surface area (Å²) in [6, 6.07) is 13.2. The van der Waals surface area contributed by atoms with Crippen molar-refractivity contribution in [2.24, 2.45) is 0 Å². The van der Waals surface area contributed by atoms with Crippen molar-refractivity contribution in [3.05, 3.63) is 112 Å². The summed E-state index contributed by atoms with van der Waals surface area (Å²) >= 11 is 0. The predicted molar refractivity (Wildman–Crippen MR) is 123 cm³/mol. The third-order valence-corrected chi connectivity index (χ3v) is 5.97. The molecule has 2 aromatic rings. The predicted octanol–water partition coefficient (Wildman–Crippen LogP) is 7.64. The lowest BCUT2D eigenvalue weighted by Crippen LogP contribution is -1.97. The lowest BCUT2D eigenvalue weighted by atomic mass is 9.89. The number of aryl methyl sites for hydroxylation is 2. The van der Waals surface area contributed by atoms with Crippen LogP contribution in [-0.4, -0.2) is 0 Å². The van der Waals surface area contributed by atoms with Crippen LogP contribution in [0.4, 0.5) is 0 Å². The Morgan fingerprint density at radius 2 is 1.75 bits per heavy atom. The first kappa shape index (κ1) is 18.5. The fraction of sp³-hybridized carbons (Fsp3) is 0.214. The number of fused-ring (bicyclic) bond motifs is 1. The molecule has 2 aromatic carbocycles. The van der Waals surface area contributed by atoms with Gasteiger partial charge in [-0.25, -0.2) is 0 Å². The van der Waals surface area contributed by atoms with Crippen molar-refractivity contribution in [1.82, 2.24) is 0 Å². The number of hydrogen-bond donors (Lipinski definition) is 0. The molecule has 2 aliphatic rings. The fourth-order valence-electron chi connectivity index (χ4n) is 4.53. The van der Waals surface area contributed by atoms with E-state index in [1.807, 2.05) is 0 Å². The molecule has 0 atom stereocenters. The molecule has 0 unspecified atom stereocenters. The van der Waals surface area contributed by atoms with Gasteiger partial charge >= 0.3 is 0 Å². The van der Waals surface area contributed by atoms with Crippen molar-refractivity contribution < 1.29 is 0 Å². The SMILES string of the molecule is C=C(C)c1ccc2c(c1)C=C(C1=CCC=C1CC(=C)c1c(C)cccc1C)C2. The topological polar surface area (TPSA) is 0 Å². The van der Waals surface area contributed by atoms with Crippen LogP contribution in [0.15, 0.2) is 78.4 Å². The van der Waals surface area contributed by atoms with Gasteiger partial charge in [-0.1, -0.05) is 67.3 Å². The summed E-state index contributed by atoms with van der Waals surface area (Å²) < 4.78 is 0. The molecule has 0 spiro atoms. The van der Waals surface area contributed by atoms with Gasteiger partial charge in [0.25, 0.3) is 0 Å². The van der Waals surface area contributed by atoms with Crippen molar-refractivity contribution in [2.45, 2.75) is 40.0 Å². The molecule has 0 amide bonds. The van der Waals surface area contributed by atoms with Crippen molar-refractivity contribution in [3.63, 3.8) is 0 Å². The molecule has 140 valence electrons. The lowest BCUT2D eigenvalue weighted by molar-refractivity contribution is 1.16. The highest BCUT2D eigenvalue weighted by Crippen LogP contribution is 2.39. The van der Waals surface area contributed by atoms with Crippen LogP contribution in [0.5, 0.6) is 0 Å². The summed E-state index contributed by atoms with van der Waals surface area (Å²) in [7, 11) is 0. The second-order valence-corrected chi connectivity index (χ2v) is 8.17. The molecule has 0 fully saturated rings. The molecule has 0 aromatic heterocycles. The van der Waals surface area contributed by atoms with Gasteiger partial charge in [-0.2, -0.15) is 0 Å². The summed E-state index contributed by atoms with van der Waals surface area (Å²) in [4.78, 5) is 0. The van der Waals surface area contributed by atoms with E-state index in [1.165, 1.54) is 55.7 Å². The van der Waals surface area contributed by atoms with E-state index < -0.39 is 0 Å². The van der Waals surface area contributed by atoms with E-state index in [0.29, 0.717) is 0 Å². The van der Waals surface area contributed by atoms with Gasteiger partial charge in [-0.05, 0) is 102 Å². The summed E-state index contributed by atoms with van der Waals surface area (Å²) in [6.07, 6.45) is 10.1. The van der Waals surface area contributed by atoms with E-state index in [4.69, 9.17) is 0 Å². The van der Waals surface area contributed by atoms with Gasteiger partial charge in [0.2, 0.25) is 0 Å². The number of allylic oxidation sites excluding steroid dienone is 7. The minimum atomic E-state index is 0.919. The van der Waals surface area contributed by atoms with E-state index >= 15 is 0 Å². The standard InChI is InChI=1S/C28H28/c1-18(2)22-12-13-23-16-26(17-25(23)15-22)27-11-7-10-24(27)14-21(5)28-19(3)8-6-9-20(28)4/h6,8-13,15,17H,1,5,7,14,16H2,2-4H3. The first-order valence-corrected chi connectivity index (χ1v) is 10.1. The summed E-state index contributed by atoms with van der Waals surface area (Å²) in [5, 5.41) is 0. The molecule has 0 N–H and O–H groups in total. The Morgan fingerprint density at radius 3 is 2.46 bits per heavy atom. The van der Waals surface area contributed by atoms with Gasteiger partial charge in [0, 0.05) is 0 Å². The van der Waals surface area contributed by atoms with Crippen molar-refractivity contribution in [2.75, 3.05) is 0 Å². The maximum atomic E-state index is 4.44. The van der Waals surface area contributed by atoms with Crippen molar-refractivity contribution in [1.29, 1.82) is 0 Å². The highest BCUT2D eigenvalue weighted by molar-refractivity contribution is 5.77. The monoisotopic (exact) mass is 364 g/mol. The largest absolute Gasteiger partial charge is 0.0955 e. The van der Waals surface area contributed by atoms with Crippen LogP contribution in [0.2, 0.25) is 0 Å². The Hall–Kier alpha value is -2.86. The Balaban J connectivity index is 1.57. The second kappa shape index (κ2) is 7.28. The van der Waals surface area contributed by atoms with E-state index in [0.717, 1.165) is 24.8 Å². The normalized spacial score (nSPS) is 15.0. The molecule has 4 rings (SSSR count). The number of benzene rings is 2. The molecule has 28 heavy (non-hydrogen) atoms. The zero-order valence-corrected chi connectivity index (χ0v) is 17.2. The zero-order chi connectivity index (χ0) is 19.8. The number of rotatable bonds is 5. The molecular formula is C28H28. The second-order valence-electron chi connectivity index (χ2n) is 8.17. The van der Waals surface area contributed by atoms with Crippen LogP contribution in [0.25, 0.3) is 17.2 Å². The van der Waals surface area contributed by atoms with E-state index in [-0.39, 0.29) is 0 Å². The summed E-state index contributed by atoms with van der Waals surface area (Å²) in [5.74, 6) is 0. The first-order chi connectivity index (χ1) is 13.4. The van der Waals surface area contributed by atoms with E-state index in [9.17, 15) is 0 Å². The average Bonchev–Trinajstić information content (AvgIpc) is 3.26. The van der Waals surface area contributed by atoms with Gasteiger partial charge in [-0.15, -0.1) is 0 Å². The minimum absolute atomic E-state index is 0.919. The highest BCUT2D eigenvalue weighted by Gasteiger charge is 2.21. The van der Waals surface area contributed by atoms with Gasteiger partial charge in [0.05, 0.1) is 0 Å². The quantitative estimate of drug-likeness (QED) is 0.511. The molecule has 0 saturated heterocycles. The molecule has 0 radical (unpaired) electrons. The maximum absolute atomic E-state index is 4.44. The van der Waals surface area contributed by atoms with E-state index in [1.54, 1.807) is 0 Å².